The molecule has 0 aliphatic carbocycles. The van der Waals surface area contributed by atoms with Gasteiger partial charge >= 0.3 is 0 Å². The Labute approximate surface area is 103 Å². The summed E-state index contributed by atoms with van der Waals surface area (Å²) in [6.45, 7) is 4.32. The fourth-order valence-electron chi connectivity index (χ4n) is 2.47. The molecule has 0 bridgehead atoms. The maximum Gasteiger partial charge on any atom is 0.126 e. The first-order chi connectivity index (χ1) is 8.18. The van der Waals surface area contributed by atoms with Crippen LogP contribution in [0.5, 0.6) is 0 Å². The van der Waals surface area contributed by atoms with Crippen LogP contribution in [0.3, 0.4) is 0 Å². The normalized spacial score (nSPS) is 22.0. The first kappa shape index (κ1) is 12.5. The van der Waals surface area contributed by atoms with E-state index in [1.165, 1.54) is 6.42 Å². The third kappa shape index (κ3) is 3.05. The molecule has 2 atom stereocenters. The molecule has 2 unspecified atom stereocenters. The molecule has 1 N–H and O–H groups in total. The van der Waals surface area contributed by atoms with E-state index in [-0.39, 0.29) is 5.82 Å². The highest BCUT2D eigenvalue weighted by atomic mass is 19.1. The van der Waals surface area contributed by atoms with Crippen LogP contribution in [0.1, 0.15) is 18.9 Å². The Morgan fingerprint density at radius 1 is 1.47 bits per heavy atom. The third-order valence-corrected chi connectivity index (χ3v) is 3.78. The zero-order chi connectivity index (χ0) is 12.3. The number of hydrogen-bond acceptors (Lipinski definition) is 2. The Balaban J connectivity index is 1.96. The van der Waals surface area contributed by atoms with Gasteiger partial charge in [-0.15, -0.1) is 0 Å². The summed E-state index contributed by atoms with van der Waals surface area (Å²) < 4.78 is 13.6. The Morgan fingerprint density at radius 3 is 2.88 bits per heavy atom. The zero-order valence-corrected chi connectivity index (χ0v) is 10.6. The molecular weight excluding hydrogens is 215 g/mol. The van der Waals surface area contributed by atoms with Crippen LogP contribution in [0.25, 0.3) is 0 Å². The summed E-state index contributed by atoms with van der Waals surface area (Å²) in [7, 11) is 2.14. The lowest BCUT2D eigenvalue weighted by Crippen LogP contribution is -2.41. The molecule has 94 valence electrons. The predicted molar refractivity (Wildman–Crippen MR) is 68.6 cm³/mol. The molecule has 1 heterocycles. The smallest absolute Gasteiger partial charge is 0.126 e. The average molecular weight is 236 g/mol. The number of hydrogen-bond donors (Lipinski definition) is 1. The summed E-state index contributed by atoms with van der Waals surface area (Å²) >= 11 is 0. The molecule has 2 nitrogen and oxygen atoms in total. The van der Waals surface area contributed by atoms with Gasteiger partial charge in [-0.3, -0.25) is 4.90 Å². The summed E-state index contributed by atoms with van der Waals surface area (Å²) in [5.74, 6) is -0.0858. The lowest BCUT2D eigenvalue weighted by atomic mass is 10.0. The van der Waals surface area contributed by atoms with E-state index >= 15 is 0 Å². The van der Waals surface area contributed by atoms with Gasteiger partial charge < -0.3 is 5.32 Å². The maximum atomic E-state index is 13.6. The SMILES string of the molecule is CC(Cc1ccccc1F)N(C)C1CCNC1. The van der Waals surface area contributed by atoms with Gasteiger partial charge in [-0.1, -0.05) is 18.2 Å². The van der Waals surface area contributed by atoms with Gasteiger partial charge in [0, 0.05) is 18.6 Å². The van der Waals surface area contributed by atoms with Crippen LogP contribution < -0.4 is 5.32 Å². The second-order valence-electron chi connectivity index (χ2n) is 4.96. The molecule has 2 rings (SSSR count). The minimum absolute atomic E-state index is 0.0858. The van der Waals surface area contributed by atoms with Crippen LogP contribution in [0.2, 0.25) is 0 Å². The van der Waals surface area contributed by atoms with Crippen molar-refractivity contribution in [2.45, 2.75) is 31.8 Å². The molecule has 1 aliphatic rings. The van der Waals surface area contributed by atoms with Gasteiger partial charge in [0.25, 0.3) is 0 Å². The molecule has 1 aliphatic heterocycles. The van der Waals surface area contributed by atoms with Crippen molar-refractivity contribution in [3.05, 3.63) is 35.6 Å². The molecule has 0 amide bonds. The summed E-state index contributed by atoms with van der Waals surface area (Å²) in [4.78, 5) is 2.37. The molecule has 0 radical (unpaired) electrons. The summed E-state index contributed by atoms with van der Waals surface area (Å²) in [6, 6.07) is 8.04. The van der Waals surface area contributed by atoms with E-state index < -0.39 is 0 Å². The molecule has 0 spiro atoms. The van der Waals surface area contributed by atoms with Gasteiger partial charge in [0.2, 0.25) is 0 Å². The molecule has 1 aromatic rings. The van der Waals surface area contributed by atoms with Crippen LogP contribution >= 0.6 is 0 Å². The highest BCUT2D eigenvalue weighted by Gasteiger charge is 2.23. The largest absolute Gasteiger partial charge is 0.315 e. The van der Waals surface area contributed by atoms with E-state index in [9.17, 15) is 4.39 Å². The second kappa shape index (κ2) is 5.61. The molecular formula is C14H21FN2. The number of nitrogens with zero attached hydrogens (tertiary/aromatic N) is 1. The van der Waals surface area contributed by atoms with Crippen molar-refractivity contribution in [2.75, 3.05) is 20.1 Å². The molecule has 0 saturated carbocycles. The van der Waals surface area contributed by atoms with Crippen molar-refractivity contribution in [3.63, 3.8) is 0 Å². The zero-order valence-electron chi connectivity index (χ0n) is 10.6. The topological polar surface area (TPSA) is 15.3 Å². The highest BCUT2D eigenvalue weighted by Crippen LogP contribution is 2.15. The van der Waals surface area contributed by atoms with Crippen molar-refractivity contribution in [3.8, 4) is 0 Å². The van der Waals surface area contributed by atoms with Gasteiger partial charge in [-0.25, -0.2) is 4.39 Å². The minimum Gasteiger partial charge on any atom is -0.315 e. The Kier molecular flexibility index (Phi) is 4.13. The molecule has 1 fully saturated rings. The Hall–Kier alpha value is -0.930. The maximum absolute atomic E-state index is 13.6. The predicted octanol–water partition coefficient (Wildman–Crippen LogP) is 2.05. The first-order valence-electron chi connectivity index (χ1n) is 6.34. The fourth-order valence-corrected chi connectivity index (χ4v) is 2.47. The number of rotatable bonds is 4. The highest BCUT2D eigenvalue weighted by molar-refractivity contribution is 5.18. The van der Waals surface area contributed by atoms with Crippen LogP contribution in [0, 0.1) is 5.82 Å². The molecule has 1 aromatic carbocycles. The van der Waals surface area contributed by atoms with Crippen molar-refractivity contribution in [1.82, 2.24) is 10.2 Å². The lowest BCUT2D eigenvalue weighted by Gasteiger charge is -2.30. The lowest BCUT2D eigenvalue weighted by molar-refractivity contribution is 0.193. The molecule has 17 heavy (non-hydrogen) atoms. The van der Waals surface area contributed by atoms with Crippen LogP contribution in [-0.2, 0) is 6.42 Å². The summed E-state index contributed by atoms with van der Waals surface area (Å²) in [5, 5.41) is 3.37. The number of likely N-dealkylation sites (N-methyl/N-ethyl adjacent to an activating group) is 1. The Morgan fingerprint density at radius 2 is 2.24 bits per heavy atom. The van der Waals surface area contributed by atoms with Gasteiger partial charge in [0.1, 0.15) is 5.82 Å². The van der Waals surface area contributed by atoms with Crippen molar-refractivity contribution in [1.29, 1.82) is 0 Å². The van der Waals surface area contributed by atoms with Crippen molar-refractivity contribution >= 4 is 0 Å². The number of nitrogens with one attached hydrogen (secondary N) is 1. The van der Waals surface area contributed by atoms with E-state index in [0.717, 1.165) is 25.1 Å². The van der Waals surface area contributed by atoms with Gasteiger partial charge in [0.05, 0.1) is 0 Å². The number of benzene rings is 1. The quantitative estimate of drug-likeness (QED) is 0.860. The van der Waals surface area contributed by atoms with Crippen molar-refractivity contribution in [2.24, 2.45) is 0 Å². The van der Waals surface area contributed by atoms with Crippen LogP contribution in [0.4, 0.5) is 4.39 Å². The Bertz CT molecular complexity index is 361. The molecule has 1 saturated heterocycles. The average Bonchev–Trinajstić information content (AvgIpc) is 2.84. The fraction of sp³-hybridized carbons (Fsp3) is 0.571. The second-order valence-corrected chi connectivity index (χ2v) is 4.96. The van der Waals surface area contributed by atoms with Gasteiger partial charge in [-0.2, -0.15) is 0 Å². The summed E-state index contributed by atoms with van der Waals surface area (Å²) in [5.41, 5.74) is 0.817. The minimum atomic E-state index is -0.0858. The number of halogens is 1. The molecule has 3 heteroatoms. The van der Waals surface area contributed by atoms with Gasteiger partial charge in [-0.05, 0) is 45.0 Å². The first-order valence-corrected chi connectivity index (χ1v) is 6.34. The van der Waals surface area contributed by atoms with E-state index in [0.29, 0.717) is 12.1 Å². The van der Waals surface area contributed by atoms with E-state index in [2.05, 4.69) is 24.2 Å². The standard InChI is InChI=1S/C14H21FN2/c1-11(17(2)13-7-8-16-10-13)9-12-5-3-4-6-14(12)15/h3-6,11,13,16H,7-10H2,1-2H3. The molecule has 0 aromatic heterocycles. The third-order valence-electron chi connectivity index (χ3n) is 3.78. The van der Waals surface area contributed by atoms with Gasteiger partial charge in [0.15, 0.2) is 0 Å². The monoisotopic (exact) mass is 236 g/mol. The van der Waals surface area contributed by atoms with Crippen LogP contribution in [-0.4, -0.2) is 37.1 Å². The van der Waals surface area contributed by atoms with E-state index in [1.54, 1.807) is 12.1 Å². The van der Waals surface area contributed by atoms with Crippen molar-refractivity contribution < 1.29 is 4.39 Å². The van der Waals surface area contributed by atoms with E-state index in [4.69, 9.17) is 0 Å². The van der Waals surface area contributed by atoms with Crippen LogP contribution in [0.15, 0.2) is 24.3 Å². The van der Waals surface area contributed by atoms with E-state index in [1.807, 2.05) is 12.1 Å². The summed E-state index contributed by atoms with van der Waals surface area (Å²) in [6.07, 6.45) is 1.97.